The number of aliphatic hydroxyl groups is 2. The van der Waals surface area contributed by atoms with Gasteiger partial charge in [-0.1, -0.05) is 50.2 Å². The van der Waals surface area contributed by atoms with E-state index < -0.39 is 62.2 Å². The molecule has 4 rings (SSSR count). The smallest absolute Gasteiger partial charge is 0.459 e. The van der Waals surface area contributed by atoms with Gasteiger partial charge in [0.1, 0.15) is 36.3 Å². The zero-order valence-electron chi connectivity index (χ0n) is 22.0. The number of hydrogen-bond donors (Lipinski definition) is 4. The molecular formula is C25H31N4O10P. The number of rotatable bonds is 11. The number of carbonyl (C=O) groups is 1. The normalized spacial score (nSPS) is 23.1. The Hall–Kier alpha value is -3.39. The van der Waals surface area contributed by atoms with Gasteiger partial charge in [0.15, 0.2) is 6.23 Å². The second kappa shape index (κ2) is 12.4. The fraction of sp³-hybridized carbons (Fsp3) is 0.440. The Kier molecular flexibility index (Phi) is 9.19. The first-order valence-electron chi connectivity index (χ1n) is 12.5. The molecule has 40 heavy (non-hydrogen) atoms. The predicted octanol–water partition coefficient (Wildman–Crippen LogP) is 1.09. The molecule has 216 valence electrons. The van der Waals surface area contributed by atoms with Gasteiger partial charge in [-0.2, -0.15) is 14.9 Å². The summed E-state index contributed by atoms with van der Waals surface area (Å²) < 4.78 is 36.9. The first kappa shape index (κ1) is 29.6. The molecule has 6 atom stereocenters. The number of fused-ring (bicyclic) bond motifs is 1. The molecule has 4 N–H and O–H groups in total. The summed E-state index contributed by atoms with van der Waals surface area (Å²) in [5, 5.41) is 28.7. The minimum absolute atomic E-state index is 0.0796. The predicted molar refractivity (Wildman–Crippen MR) is 142 cm³/mol. The number of nitrogens with zero attached hydrogens (tertiary/aromatic N) is 2. The van der Waals surface area contributed by atoms with Crippen LogP contribution in [0.15, 0.2) is 58.3 Å². The van der Waals surface area contributed by atoms with E-state index in [9.17, 15) is 29.2 Å². The van der Waals surface area contributed by atoms with E-state index >= 15 is 0 Å². The van der Waals surface area contributed by atoms with Crippen LogP contribution in [0.4, 0.5) is 0 Å². The molecule has 2 heterocycles. The van der Waals surface area contributed by atoms with Gasteiger partial charge in [0.2, 0.25) is 0 Å². The van der Waals surface area contributed by atoms with Crippen LogP contribution in [0.25, 0.3) is 10.8 Å². The zero-order chi connectivity index (χ0) is 29.0. The van der Waals surface area contributed by atoms with E-state index in [1.165, 1.54) is 6.92 Å². The van der Waals surface area contributed by atoms with Crippen molar-refractivity contribution in [1.82, 2.24) is 19.9 Å². The molecular weight excluding hydrogens is 547 g/mol. The summed E-state index contributed by atoms with van der Waals surface area (Å²) in [6, 6.07) is 11.2. The van der Waals surface area contributed by atoms with Crippen LogP contribution in [0.5, 0.6) is 5.75 Å². The Bertz CT molecular complexity index is 1500. The lowest BCUT2D eigenvalue weighted by molar-refractivity contribution is -0.146. The topological polar surface area (TPSA) is 191 Å². The Balaban J connectivity index is 1.55. The lowest BCUT2D eigenvalue weighted by Crippen LogP contribution is -2.39. The molecule has 1 aliphatic rings. The number of aromatic nitrogens is 3. The van der Waals surface area contributed by atoms with E-state index in [1.54, 1.807) is 24.3 Å². The van der Waals surface area contributed by atoms with Gasteiger partial charge in [-0.15, -0.1) is 0 Å². The van der Waals surface area contributed by atoms with E-state index in [-0.39, 0.29) is 18.3 Å². The number of aromatic amines is 1. The number of ether oxygens (including phenoxy) is 2. The Morgan fingerprint density at radius 3 is 2.60 bits per heavy atom. The minimum atomic E-state index is -4.36. The van der Waals surface area contributed by atoms with Gasteiger partial charge in [-0.05, 0) is 24.3 Å². The number of H-pyrrole nitrogens is 1. The monoisotopic (exact) mass is 578 g/mol. The summed E-state index contributed by atoms with van der Waals surface area (Å²) in [6.07, 6.45) is -5.19. The van der Waals surface area contributed by atoms with Gasteiger partial charge < -0.3 is 24.2 Å². The molecule has 15 heteroatoms. The van der Waals surface area contributed by atoms with Gasteiger partial charge in [0.05, 0.1) is 13.2 Å². The summed E-state index contributed by atoms with van der Waals surface area (Å²) in [5.74, 6) is -0.405. The second-order valence-electron chi connectivity index (χ2n) is 9.67. The first-order valence-corrected chi connectivity index (χ1v) is 14.1. The van der Waals surface area contributed by atoms with Crippen LogP contribution in [0.3, 0.4) is 0 Å². The molecule has 0 amide bonds. The number of esters is 1. The van der Waals surface area contributed by atoms with Crippen molar-refractivity contribution in [2.45, 2.75) is 51.4 Å². The minimum Gasteiger partial charge on any atom is -0.464 e. The van der Waals surface area contributed by atoms with Gasteiger partial charge in [0, 0.05) is 5.39 Å². The molecule has 0 aliphatic carbocycles. The molecule has 1 aliphatic heterocycles. The fourth-order valence-corrected chi connectivity index (χ4v) is 5.46. The third kappa shape index (κ3) is 6.84. The number of aliphatic hydroxyl groups excluding tert-OH is 2. The molecule has 1 saturated heterocycles. The molecule has 2 aromatic carbocycles. The van der Waals surface area contributed by atoms with Crippen LogP contribution in [-0.2, 0) is 23.4 Å². The van der Waals surface area contributed by atoms with Crippen LogP contribution in [0.2, 0.25) is 0 Å². The van der Waals surface area contributed by atoms with Crippen molar-refractivity contribution in [2.24, 2.45) is 5.92 Å². The number of hydrogen-bond acceptors (Lipinski definition) is 11. The van der Waals surface area contributed by atoms with Crippen molar-refractivity contribution in [3.63, 3.8) is 0 Å². The lowest BCUT2D eigenvalue weighted by Gasteiger charge is -2.25. The third-order valence-electron chi connectivity index (χ3n) is 5.96. The maximum atomic E-state index is 14.0. The van der Waals surface area contributed by atoms with E-state index in [1.807, 2.05) is 37.0 Å². The van der Waals surface area contributed by atoms with Crippen molar-refractivity contribution < 1.29 is 38.1 Å². The number of benzene rings is 2. The van der Waals surface area contributed by atoms with Crippen LogP contribution >= 0.6 is 7.75 Å². The second-order valence-corrected chi connectivity index (χ2v) is 11.4. The highest BCUT2D eigenvalue weighted by Crippen LogP contribution is 2.47. The van der Waals surface area contributed by atoms with Crippen molar-refractivity contribution in [3.05, 3.63) is 69.5 Å². The zero-order valence-corrected chi connectivity index (χ0v) is 22.9. The van der Waals surface area contributed by atoms with Crippen molar-refractivity contribution in [2.75, 3.05) is 13.2 Å². The lowest BCUT2D eigenvalue weighted by atomic mass is 10.1. The van der Waals surface area contributed by atoms with Gasteiger partial charge in [0.25, 0.3) is 5.56 Å². The SMILES string of the molecule is CC(C)COC(=O)[C@H](C)NP(=O)(OCC1OC(n2ncc(=O)[nH]c2=O)C(O)C1O)Oc1cccc2ccccc12. The van der Waals surface area contributed by atoms with Crippen LogP contribution < -0.4 is 20.9 Å². The van der Waals surface area contributed by atoms with Crippen LogP contribution in [-0.4, -0.2) is 68.5 Å². The average Bonchev–Trinajstić information content (AvgIpc) is 3.19. The van der Waals surface area contributed by atoms with Gasteiger partial charge in [-0.3, -0.25) is 19.1 Å². The van der Waals surface area contributed by atoms with E-state index in [4.69, 9.17) is 18.5 Å². The van der Waals surface area contributed by atoms with Gasteiger partial charge in [-0.25, -0.2) is 9.36 Å². The van der Waals surface area contributed by atoms with E-state index in [0.717, 1.165) is 11.6 Å². The molecule has 0 saturated carbocycles. The average molecular weight is 579 g/mol. The molecule has 0 radical (unpaired) electrons. The summed E-state index contributed by atoms with van der Waals surface area (Å²) in [5.41, 5.74) is -1.72. The summed E-state index contributed by atoms with van der Waals surface area (Å²) >= 11 is 0. The quantitative estimate of drug-likeness (QED) is 0.187. The van der Waals surface area contributed by atoms with E-state index in [2.05, 4.69) is 10.2 Å². The summed E-state index contributed by atoms with van der Waals surface area (Å²) in [7, 11) is -4.36. The van der Waals surface area contributed by atoms with Crippen molar-refractivity contribution >= 4 is 24.5 Å². The maximum absolute atomic E-state index is 14.0. The molecule has 14 nitrogen and oxygen atoms in total. The fourth-order valence-electron chi connectivity index (χ4n) is 3.94. The highest BCUT2D eigenvalue weighted by Gasteiger charge is 2.46. The molecule has 0 bridgehead atoms. The Morgan fingerprint density at radius 2 is 1.88 bits per heavy atom. The van der Waals surface area contributed by atoms with Crippen LogP contribution in [0.1, 0.15) is 27.0 Å². The third-order valence-corrected chi connectivity index (χ3v) is 7.59. The Labute approximate surface area is 228 Å². The summed E-state index contributed by atoms with van der Waals surface area (Å²) in [6.45, 7) is 4.73. The molecule has 1 aromatic heterocycles. The number of carbonyl (C=O) groups excluding carboxylic acids is 1. The standard InChI is InChI=1S/C25H31N4O10P/c1-14(2)12-36-24(33)15(3)28-40(35,39-18-10-6-8-16-7-4-5-9-17(16)18)37-13-19-21(31)22(32)23(38-19)29-25(34)27-20(30)11-26-29/h4-11,14-15,19,21-23,31-32H,12-13H2,1-3H3,(H,28,35)(H,27,30,34)/t15-,19?,21?,22?,23?,40?/m0/s1. The molecule has 1 fully saturated rings. The molecule has 0 spiro atoms. The summed E-state index contributed by atoms with van der Waals surface area (Å²) in [4.78, 5) is 38.0. The first-order chi connectivity index (χ1) is 19.0. The van der Waals surface area contributed by atoms with Crippen molar-refractivity contribution in [3.8, 4) is 5.75 Å². The Morgan fingerprint density at radius 1 is 1.15 bits per heavy atom. The molecule has 5 unspecified atom stereocenters. The molecule has 3 aromatic rings. The van der Waals surface area contributed by atoms with E-state index in [0.29, 0.717) is 10.1 Å². The highest BCUT2D eigenvalue weighted by atomic mass is 31.2. The largest absolute Gasteiger partial charge is 0.464 e. The van der Waals surface area contributed by atoms with Gasteiger partial charge >= 0.3 is 19.4 Å². The van der Waals surface area contributed by atoms with Crippen molar-refractivity contribution in [1.29, 1.82) is 0 Å². The van der Waals surface area contributed by atoms with Crippen LogP contribution in [0, 0.1) is 5.92 Å². The highest BCUT2D eigenvalue weighted by molar-refractivity contribution is 7.52. The number of nitrogens with one attached hydrogen (secondary N) is 2. The maximum Gasteiger partial charge on any atom is 0.459 e.